The molecule has 3 atom stereocenters. The predicted molar refractivity (Wildman–Crippen MR) is 117 cm³/mol. The van der Waals surface area contributed by atoms with Gasteiger partial charge in [-0.3, -0.25) is 0 Å². The molecule has 0 radical (unpaired) electrons. The van der Waals surface area contributed by atoms with Crippen molar-refractivity contribution < 1.29 is 4.74 Å². The van der Waals surface area contributed by atoms with E-state index in [1.807, 2.05) is 24.3 Å². The summed E-state index contributed by atoms with van der Waals surface area (Å²) in [5, 5.41) is 0.767. The number of nitrogens with zero attached hydrogens (tertiary/aromatic N) is 1. The van der Waals surface area contributed by atoms with Crippen LogP contribution in [0, 0.1) is 5.92 Å². The molecule has 5 heteroatoms. The fourth-order valence-corrected chi connectivity index (χ4v) is 4.81. The molecule has 0 aromatic heterocycles. The lowest BCUT2D eigenvalue weighted by atomic mass is 9.82. The number of para-hydroxylation sites is 2. The maximum absolute atomic E-state index is 6.11. The van der Waals surface area contributed by atoms with Crippen molar-refractivity contribution in [1.82, 2.24) is 10.9 Å². The highest BCUT2D eigenvalue weighted by Crippen LogP contribution is 2.45. The number of hydrogen-bond acceptors (Lipinski definition) is 4. The van der Waals surface area contributed by atoms with Crippen molar-refractivity contribution in [2.75, 3.05) is 18.6 Å². The molecule has 3 unspecified atom stereocenters. The Morgan fingerprint density at radius 1 is 0.931 bits per heavy atom. The van der Waals surface area contributed by atoms with Crippen LogP contribution in [-0.4, -0.2) is 13.7 Å². The topological polar surface area (TPSA) is 36.5 Å². The number of benzene rings is 3. The van der Waals surface area contributed by atoms with E-state index in [2.05, 4.69) is 64.3 Å². The maximum atomic E-state index is 6.11. The van der Waals surface area contributed by atoms with Crippen molar-refractivity contribution in [3.63, 3.8) is 0 Å². The van der Waals surface area contributed by atoms with Gasteiger partial charge in [-0.15, -0.1) is 0 Å². The Balaban J connectivity index is 1.50. The molecule has 5 rings (SSSR count). The third-order valence-electron chi connectivity index (χ3n) is 6.08. The highest BCUT2D eigenvalue weighted by molar-refractivity contribution is 6.30. The Bertz CT molecular complexity index is 1010. The maximum Gasteiger partial charge on any atom is 0.123 e. The van der Waals surface area contributed by atoms with Gasteiger partial charge in [0.1, 0.15) is 5.75 Å². The van der Waals surface area contributed by atoms with E-state index in [4.69, 9.17) is 16.3 Å². The van der Waals surface area contributed by atoms with Crippen molar-refractivity contribution in [2.24, 2.45) is 5.92 Å². The number of ether oxygens (including phenoxy) is 1. The number of rotatable bonds is 4. The van der Waals surface area contributed by atoms with E-state index < -0.39 is 0 Å². The van der Waals surface area contributed by atoms with Crippen molar-refractivity contribution in [3.8, 4) is 5.75 Å². The van der Waals surface area contributed by atoms with Crippen molar-refractivity contribution in [3.05, 3.63) is 94.5 Å². The second kappa shape index (κ2) is 7.71. The van der Waals surface area contributed by atoms with Crippen LogP contribution in [0.5, 0.6) is 5.75 Å². The monoisotopic (exact) mass is 405 g/mol. The van der Waals surface area contributed by atoms with Crippen molar-refractivity contribution >= 4 is 17.3 Å². The van der Waals surface area contributed by atoms with E-state index >= 15 is 0 Å². The van der Waals surface area contributed by atoms with Crippen LogP contribution in [0.1, 0.15) is 28.8 Å². The second-order valence-electron chi connectivity index (χ2n) is 7.71. The summed E-state index contributed by atoms with van der Waals surface area (Å²) in [5.41, 5.74) is 12.2. The summed E-state index contributed by atoms with van der Waals surface area (Å²) in [6.07, 6.45) is 0. The fourth-order valence-electron chi connectivity index (χ4n) is 4.69. The largest absolute Gasteiger partial charge is 0.496 e. The third kappa shape index (κ3) is 3.38. The van der Waals surface area contributed by atoms with Crippen LogP contribution >= 0.6 is 11.6 Å². The zero-order chi connectivity index (χ0) is 19.8. The number of hydrogen-bond donors (Lipinski definition) is 2. The van der Waals surface area contributed by atoms with E-state index in [1.165, 1.54) is 22.4 Å². The first kappa shape index (κ1) is 18.5. The van der Waals surface area contributed by atoms with Gasteiger partial charge in [0.2, 0.25) is 0 Å². The van der Waals surface area contributed by atoms with E-state index in [1.54, 1.807) is 7.11 Å². The van der Waals surface area contributed by atoms with Gasteiger partial charge in [0.05, 0.1) is 19.2 Å². The van der Waals surface area contributed by atoms with Gasteiger partial charge in [0, 0.05) is 35.3 Å². The van der Waals surface area contributed by atoms with Gasteiger partial charge in [0.25, 0.3) is 0 Å². The molecule has 3 aromatic carbocycles. The van der Waals surface area contributed by atoms with Crippen LogP contribution in [0.2, 0.25) is 5.02 Å². The van der Waals surface area contributed by atoms with E-state index in [-0.39, 0.29) is 12.1 Å². The summed E-state index contributed by atoms with van der Waals surface area (Å²) in [4.78, 5) is 2.48. The molecule has 4 nitrogen and oxygen atoms in total. The van der Waals surface area contributed by atoms with Gasteiger partial charge in [-0.05, 0) is 35.4 Å². The average molecular weight is 406 g/mol. The number of halogens is 1. The van der Waals surface area contributed by atoms with Crippen LogP contribution in [0.25, 0.3) is 0 Å². The number of anilines is 1. The molecule has 0 bridgehead atoms. The van der Waals surface area contributed by atoms with Gasteiger partial charge in [-0.25, -0.2) is 10.9 Å². The summed E-state index contributed by atoms with van der Waals surface area (Å²) in [6.45, 7) is 1.77. The minimum absolute atomic E-state index is 0.228. The first-order valence-electron chi connectivity index (χ1n) is 9.97. The van der Waals surface area contributed by atoms with E-state index in [0.717, 1.165) is 23.9 Å². The summed E-state index contributed by atoms with van der Waals surface area (Å²) in [7, 11) is 1.74. The lowest BCUT2D eigenvalue weighted by molar-refractivity contribution is 0.393. The standard InChI is InChI=1S/C24H24ClN3O/c1-29-22-9-5-2-6-17(22)14-28-15-20-23(16-10-12-18(25)13-11-16)26-27-24(20)19-7-3-4-8-21(19)28/h2-13,20,23-24,26-27H,14-15H2,1H3. The van der Waals surface area contributed by atoms with Crippen LogP contribution in [0.15, 0.2) is 72.8 Å². The summed E-state index contributed by atoms with van der Waals surface area (Å²) >= 11 is 6.11. The number of fused-ring (bicyclic) bond motifs is 3. The molecule has 2 aliphatic rings. The summed E-state index contributed by atoms with van der Waals surface area (Å²) in [5.74, 6) is 1.34. The van der Waals surface area contributed by atoms with Crippen LogP contribution in [0.4, 0.5) is 5.69 Å². The lowest BCUT2D eigenvalue weighted by Crippen LogP contribution is -2.39. The highest BCUT2D eigenvalue weighted by atomic mass is 35.5. The highest BCUT2D eigenvalue weighted by Gasteiger charge is 2.43. The molecule has 1 fully saturated rings. The Morgan fingerprint density at radius 3 is 2.48 bits per heavy atom. The minimum atomic E-state index is 0.228. The summed E-state index contributed by atoms with van der Waals surface area (Å²) < 4.78 is 5.60. The number of methoxy groups -OCH3 is 1. The van der Waals surface area contributed by atoms with Crippen LogP contribution < -0.4 is 20.5 Å². The van der Waals surface area contributed by atoms with Crippen molar-refractivity contribution in [2.45, 2.75) is 18.6 Å². The van der Waals surface area contributed by atoms with Crippen LogP contribution in [0.3, 0.4) is 0 Å². The first-order valence-corrected chi connectivity index (χ1v) is 10.3. The third-order valence-corrected chi connectivity index (χ3v) is 6.33. The molecule has 0 aliphatic carbocycles. The zero-order valence-electron chi connectivity index (χ0n) is 16.3. The van der Waals surface area contributed by atoms with Gasteiger partial charge in [-0.2, -0.15) is 0 Å². The van der Waals surface area contributed by atoms with Crippen LogP contribution in [-0.2, 0) is 6.54 Å². The fraction of sp³-hybridized carbons (Fsp3) is 0.250. The molecule has 3 aromatic rings. The van der Waals surface area contributed by atoms with Gasteiger partial charge in [-0.1, -0.05) is 60.1 Å². The molecule has 2 heterocycles. The molecule has 1 saturated heterocycles. The minimum Gasteiger partial charge on any atom is -0.496 e. The predicted octanol–water partition coefficient (Wildman–Crippen LogP) is 4.88. The van der Waals surface area contributed by atoms with Crippen molar-refractivity contribution in [1.29, 1.82) is 0 Å². The Kier molecular flexibility index (Phi) is 4.92. The smallest absolute Gasteiger partial charge is 0.123 e. The quantitative estimate of drug-likeness (QED) is 0.649. The van der Waals surface area contributed by atoms with Gasteiger partial charge < -0.3 is 9.64 Å². The molecule has 0 spiro atoms. The molecule has 0 saturated carbocycles. The zero-order valence-corrected chi connectivity index (χ0v) is 17.1. The normalized spacial score (nSPS) is 22.8. The van der Waals surface area contributed by atoms with Gasteiger partial charge in [0.15, 0.2) is 0 Å². The Morgan fingerprint density at radius 2 is 1.66 bits per heavy atom. The Labute approximate surface area is 176 Å². The van der Waals surface area contributed by atoms with E-state index in [0.29, 0.717) is 5.92 Å². The number of nitrogens with one attached hydrogen (secondary N) is 2. The lowest BCUT2D eigenvalue weighted by Gasteiger charge is -2.39. The molecular weight excluding hydrogens is 382 g/mol. The molecular formula is C24H24ClN3O. The SMILES string of the molecule is COc1ccccc1CN1CC2C(c3ccc(Cl)cc3)NNC2c2ccccc21. The van der Waals surface area contributed by atoms with Gasteiger partial charge >= 0.3 is 0 Å². The molecule has 29 heavy (non-hydrogen) atoms. The first-order chi connectivity index (χ1) is 14.2. The second-order valence-corrected chi connectivity index (χ2v) is 8.15. The average Bonchev–Trinajstić information content (AvgIpc) is 3.19. The molecule has 148 valence electrons. The van der Waals surface area contributed by atoms with E-state index in [9.17, 15) is 0 Å². The number of hydrazine groups is 1. The molecule has 2 N–H and O–H groups in total. The molecule has 2 aliphatic heterocycles. The Hall–Kier alpha value is -2.53. The summed E-state index contributed by atoms with van der Waals surface area (Å²) in [6, 6.07) is 25.7. The molecule has 0 amide bonds.